The van der Waals surface area contributed by atoms with Crippen LogP contribution in [0.2, 0.25) is 0 Å². The Morgan fingerprint density at radius 3 is 2.78 bits per heavy atom. The van der Waals surface area contributed by atoms with E-state index in [9.17, 15) is 10.1 Å². The zero-order valence-corrected chi connectivity index (χ0v) is 10.1. The van der Waals surface area contributed by atoms with Crippen LogP contribution >= 0.6 is 11.3 Å². The molecule has 0 unspecified atom stereocenters. The van der Waals surface area contributed by atoms with E-state index >= 15 is 0 Å². The van der Waals surface area contributed by atoms with Crippen LogP contribution < -0.4 is 11.2 Å². The molecule has 0 amide bonds. The van der Waals surface area contributed by atoms with Crippen LogP contribution in [0.5, 0.6) is 0 Å². The number of rotatable bonds is 4. The van der Waals surface area contributed by atoms with E-state index < -0.39 is 4.92 Å². The van der Waals surface area contributed by atoms with Crippen LogP contribution in [-0.4, -0.2) is 10.8 Å². The molecule has 2 aromatic rings. The Hall–Kier alpha value is -2.41. The third-order valence-corrected chi connectivity index (χ3v) is 3.06. The van der Waals surface area contributed by atoms with Gasteiger partial charge >= 0.3 is 0 Å². The number of hydrazone groups is 1. The number of nitrogens with two attached hydrogens (primary N) is 1. The number of benzene rings is 1. The number of para-hydroxylation sites is 2. The summed E-state index contributed by atoms with van der Waals surface area (Å²) >= 11 is 1.45. The van der Waals surface area contributed by atoms with Crippen LogP contribution in [0.15, 0.2) is 46.9 Å². The molecule has 0 fully saturated rings. The average Bonchev–Trinajstić information content (AvgIpc) is 2.90. The maximum absolute atomic E-state index is 10.8. The van der Waals surface area contributed by atoms with Crippen LogP contribution in [0.25, 0.3) is 0 Å². The van der Waals surface area contributed by atoms with Crippen molar-refractivity contribution in [3.8, 4) is 0 Å². The maximum Gasteiger partial charge on any atom is 0.294 e. The van der Waals surface area contributed by atoms with Crippen LogP contribution in [0, 0.1) is 10.1 Å². The van der Waals surface area contributed by atoms with Crippen LogP contribution in [0.4, 0.5) is 11.4 Å². The SMILES string of the molecule is N/C(=N/Nc1ccccc1[N+](=O)[O-])c1cccs1. The van der Waals surface area contributed by atoms with Crippen molar-refractivity contribution in [1.29, 1.82) is 0 Å². The lowest BCUT2D eigenvalue weighted by Crippen LogP contribution is -2.13. The maximum atomic E-state index is 10.8. The zero-order chi connectivity index (χ0) is 13.0. The molecule has 0 bridgehead atoms. The zero-order valence-electron chi connectivity index (χ0n) is 9.24. The van der Waals surface area contributed by atoms with Crippen molar-refractivity contribution in [1.82, 2.24) is 0 Å². The summed E-state index contributed by atoms with van der Waals surface area (Å²) in [6, 6.07) is 9.93. The first-order valence-electron chi connectivity index (χ1n) is 5.05. The summed E-state index contributed by atoms with van der Waals surface area (Å²) in [5.74, 6) is 0.295. The molecule has 0 aliphatic heterocycles. The van der Waals surface area contributed by atoms with Crippen molar-refractivity contribution in [3.63, 3.8) is 0 Å². The number of nitrogens with one attached hydrogen (secondary N) is 1. The summed E-state index contributed by atoms with van der Waals surface area (Å²) in [7, 11) is 0. The van der Waals surface area contributed by atoms with Crippen molar-refractivity contribution in [3.05, 3.63) is 56.8 Å². The predicted octanol–water partition coefficient (Wildman–Crippen LogP) is 2.39. The lowest BCUT2D eigenvalue weighted by molar-refractivity contribution is -0.384. The largest absolute Gasteiger partial charge is 0.381 e. The van der Waals surface area contributed by atoms with Gasteiger partial charge in [-0.05, 0) is 17.5 Å². The number of hydrogen-bond donors (Lipinski definition) is 2. The molecule has 18 heavy (non-hydrogen) atoms. The second kappa shape index (κ2) is 5.28. The third-order valence-electron chi connectivity index (χ3n) is 2.17. The molecule has 6 nitrogen and oxygen atoms in total. The van der Waals surface area contributed by atoms with Crippen molar-refractivity contribution >= 4 is 28.5 Å². The molecule has 0 radical (unpaired) electrons. The van der Waals surface area contributed by atoms with Crippen molar-refractivity contribution in [2.24, 2.45) is 10.8 Å². The summed E-state index contributed by atoms with van der Waals surface area (Å²) in [6.07, 6.45) is 0. The number of nitro groups is 1. The summed E-state index contributed by atoms with van der Waals surface area (Å²) in [5.41, 5.74) is 8.62. The van der Waals surface area contributed by atoms with Gasteiger partial charge in [0.2, 0.25) is 0 Å². The molecule has 1 aromatic heterocycles. The molecular formula is C11H10N4O2S. The molecule has 7 heteroatoms. The van der Waals surface area contributed by atoms with Gasteiger partial charge in [-0.2, -0.15) is 5.10 Å². The highest BCUT2D eigenvalue weighted by Gasteiger charge is 2.11. The van der Waals surface area contributed by atoms with E-state index in [0.29, 0.717) is 11.5 Å². The first-order chi connectivity index (χ1) is 8.68. The van der Waals surface area contributed by atoms with Crippen molar-refractivity contribution < 1.29 is 4.92 Å². The van der Waals surface area contributed by atoms with Gasteiger partial charge in [0.05, 0.1) is 9.80 Å². The van der Waals surface area contributed by atoms with Gasteiger partial charge in [0.1, 0.15) is 5.69 Å². The summed E-state index contributed by atoms with van der Waals surface area (Å²) in [4.78, 5) is 11.1. The second-order valence-electron chi connectivity index (χ2n) is 3.36. The van der Waals surface area contributed by atoms with E-state index in [4.69, 9.17) is 5.73 Å². The lowest BCUT2D eigenvalue weighted by Gasteiger charge is -2.02. The number of hydrogen-bond acceptors (Lipinski definition) is 5. The van der Waals surface area contributed by atoms with E-state index in [1.807, 2.05) is 17.5 Å². The van der Waals surface area contributed by atoms with E-state index in [1.54, 1.807) is 18.2 Å². The Bertz CT molecular complexity index is 580. The number of nitro benzene ring substituents is 1. The molecule has 0 aliphatic rings. The van der Waals surface area contributed by atoms with Gasteiger partial charge < -0.3 is 5.73 Å². The quantitative estimate of drug-likeness (QED) is 0.383. The lowest BCUT2D eigenvalue weighted by atomic mass is 10.3. The fourth-order valence-corrected chi connectivity index (χ4v) is 1.95. The number of thiophene rings is 1. The van der Waals surface area contributed by atoms with E-state index in [2.05, 4.69) is 10.5 Å². The van der Waals surface area contributed by atoms with Gasteiger partial charge in [0.15, 0.2) is 5.84 Å². The molecule has 0 aliphatic carbocycles. The minimum absolute atomic E-state index is 0.0415. The van der Waals surface area contributed by atoms with Crippen LogP contribution in [-0.2, 0) is 0 Å². The molecule has 0 atom stereocenters. The Balaban J connectivity index is 2.20. The van der Waals surface area contributed by atoms with Gasteiger partial charge in [-0.1, -0.05) is 18.2 Å². The highest BCUT2D eigenvalue weighted by atomic mass is 32.1. The normalized spacial score (nSPS) is 11.2. The Kier molecular flexibility index (Phi) is 3.54. The van der Waals surface area contributed by atoms with E-state index in [0.717, 1.165) is 4.88 Å². The van der Waals surface area contributed by atoms with E-state index in [1.165, 1.54) is 17.4 Å². The molecule has 2 rings (SSSR count). The van der Waals surface area contributed by atoms with Crippen molar-refractivity contribution in [2.45, 2.75) is 0 Å². The topological polar surface area (TPSA) is 93.5 Å². The van der Waals surface area contributed by atoms with Gasteiger partial charge in [-0.15, -0.1) is 11.3 Å². The highest BCUT2D eigenvalue weighted by molar-refractivity contribution is 7.12. The smallest absolute Gasteiger partial charge is 0.294 e. The molecule has 1 heterocycles. The molecule has 3 N–H and O–H groups in total. The number of nitrogens with zero attached hydrogens (tertiary/aromatic N) is 2. The Morgan fingerprint density at radius 2 is 2.11 bits per heavy atom. The fraction of sp³-hybridized carbons (Fsp3) is 0. The summed E-state index contributed by atoms with van der Waals surface area (Å²) < 4.78 is 0. The first-order valence-corrected chi connectivity index (χ1v) is 5.93. The minimum atomic E-state index is -0.473. The van der Waals surface area contributed by atoms with Gasteiger partial charge in [0, 0.05) is 6.07 Å². The predicted molar refractivity (Wildman–Crippen MR) is 71.8 cm³/mol. The molecular weight excluding hydrogens is 252 g/mol. The first kappa shape index (κ1) is 12.1. The van der Waals surface area contributed by atoms with Crippen LogP contribution in [0.3, 0.4) is 0 Å². The molecule has 0 saturated heterocycles. The molecule has 1 aromatic carbocycles. The number of anilines is 1. The standard InChI is InChI=1S/C11H10N4O2S/c12-11(10-6-3-7-18-10)14-13-8-4-1-2-5-9(8)15(16)17/h1-7,13H,(H2,12,14). The van der Waals surface area contributed by atoms with Crippen LogP contribution in [0.1, 0.15) is 4.88 Å². The number of amidine groups is 1. The average molecular weight is 262 g/mol. The van der Waals surface area contributed by atoms with Crippen molar-refractivity contribution in [2.75, 3.05) is 5.43 Å². The summed E-state index contributed by atoms with van der Waals surface area (Å²) in [6.45, 7) is 0. The highest BCUT2D eigenvalue weighted by Crippen LogP contribution is 2.23. The second-order valence-corrected chi connectivity index (χ2v) is 4.31. The molecule has 92 valence electrons. The molecule has 0 spiro atoms. The third kappa shape index (κ3) is 2.64. The molecule has 0 saturated carbocycles. The van der Waals surface area contributed by atoms with Gasteiger partial charge in [-0.3, -0.25) is 15.5 Å². The van der Waals surface area contributed by atoms with E-state index in [-0.39, 0.29) is 5.69 Å². The monoisotopic (exact) mass is 262 g/mol. The Labute approximate surface area is 107 Å². The minimum Gasteiger partial charge on any atom is -0.381 e. The fourth-order valence-electron chi connectivity index (χ4n) is 1.33. The van der Waals surface area contributed by atoms with Gasteiger partial charge in [0.25, 0.3) is 5.69 Å². The summed E-state index contributed by atoms with van der Waals surface area (Å²) in [5, 5.41) is 16.6. The van der Waals surface area contributed by atoms with Gasteiger partial charge in [-0.25, -0.2) is 0 Å². The Morgan fingerprint density at radius 1 is 1.33 bits per heavy atom.